The van der Waals surface area contributed by atoms with E-state index in [1.807, 2.05) is 0 Å². The summed E-state index contributed by atoms with van der Waals surface area (Å²) in [6, 6.07) is 2.09. The van der Waals surface area contributed by atoms with E-state index in [9.17, 15) is 13.6 Å². The molecule has 2 aromatic rings. The molecule has 90 valence electrons. The first kappa shape index (κ1) is 11.5. The monoisotopic (exact) mass is 240 g/mol. The zero-order chi connectivity index (χ0) is 12.4. The second-order valence-electron chi connectivity index (χ2n) is 3.69. The maximum atomic E-state index is 13.0. The molecule has 4 nitrogen and oxygen atoms in total. The number of aromatic nitrogens is 2. The number of carboxylic acid groups (broad SMARTS) is 1. The fourth-order valence-electron chi connectivity index (χ4n) is 1.63. The molecule has 0 fully saturated rings. The number of hydrogen-bond acceptors (Lipinski definition) is 2. The van der Waals surface area contributed by atoms with Crippen LogP contribution < -0.4 is 0 Å². The van der Waals surface area contributed by atoms with Gasteiger partial charge in [0.05, 0.1) is 17.4 Å². The van der Waals surface area contributed by atoms with Crippen LogP contribution in [0, 0.1) is 11.6 Å². The molecule has 1 aromatic heterocycles. The van der Waals surface area contributed by atoms with E-state index in [4.69, 9.17) is 5.11 Å². The Hall–Kier alpha value is -1.98. The van der Waals surface area contributed by atoms with Crippen LogP contribution >= 0.6 is 0 Å². The third kappa shape index (κ3) is 2.41. The molecule has 1 heterocycles. The predicted octanol–water partition coefficient (Wildman–Crippen LogP) is 2.18. The number of halogens is 2. The molecule has 0 spiro atoms. The lowest BCUT2D eigenvalue weighted by Crippen LogP contribution is -2.01. The van der Waals surface area contributed by atoms with Crippen molar-refractivity contribution in [3.63, 3.8) is 0 Å². The normalized spacial score (nSPS) is 10.9. The lowest BCUT2D eigenvalue weighted by Gasteiger charge is -2.02. The quantitative estimate of drug-likeness (QED) is 0.891. The highest BCUT2D eigenvalue weighted by molar-refractivity contribution is 5.75. The Morgan fingerprint density at radius 2 is 2.06 bits per heavy atom. The number of carboxylic acids is 1. The third-order valence-corrected chi connectivity index (χ3v) is 2.45. The average Bonchev–Trinajstić information content (AvgIpc) is 2.62. The van der Waals surface area contributed by atoms with Crippen LogP contribution in [0.3, 0.4) is 0 Å². The predicted molar refractivity (Wildman–Crippen MR) is 56.5 cm³/mol. The van der Waals surface area contributed by atoms with Crippen molar-refractivity contribution < 1.29 is 18.7 Å². The number of nitrogens with zero attached hydrogens (tertiary/aromatic N) is 2. The van der Waals surface area contributed by atoms with E-state index in [-0.39, 0.29) is 6.42 Å². The fourth-order valence-corrected chi connectivity index (χ4v) is 1.63. The number of rotatable bonds is 4. The second kappa shape index (κ2) is 4.48. The van der Waals surface area contributed by atoms with Gasteiger partial charge in [0.1, 0.15) is 0 Å². The van der Waals surface area contributed by atoms with Gasteiger partial charge in [-0.2, -0.15) is 0 Å². The molecule has 0 amide bonds. The molecule has 2 rings (SSSR count). The maximum Gasteiger partial charge on any atom is 0.303 e. The molecule has 1 N–H and O–H groups in total. The van der Waals surface area contributed by atoms with Crippen LogP contribution in [0.4, 0.5) is 8.78 Å². The number of carbonyl (C=O) groups is 1. The number of hydrogen-bond donors (Lipinski definition) is 1. The van der Waals surface area contributed by atoms with E-state index < -0.39 is 17.6 Å². The molecule has 0 saturated carbocycles. The molecule has 0 unspecified atom stereocenters. The van der Waals surface area contributed by atoms with Crippen molar-refractivity contribution in [1.29, 1.82) is 0 Å². The highest BCUT2D eigenvalue weighted by Crippen LogP contribution is 2.17. The van der Waals surface area contributed by atoms with Crippen LogP contribution in [-0.4, -0.2) is 20.6 Å². The number of aryl methyl sites for hydroxylation is 1. The van der Waals surface area contributed by atoms with Gasteiger partial charge in [0.2, 0.25) is 0 Å². The molecule has 0 aliphatic heterocycles. The van der Waals surface area contributed by atoms with Crippen LogP contribution in [0.2, 0.25) is 0 Å². The number of imidazole rings is 1. The lowest BCUT2D eigenvalue weighted by molar-refractivity contribution is -0.137. The van der Waals surface area contributed by atoms with Crippen molar-refractivity contribution in [3.8, 4) is 0 Å². The van der Waals surface area contributed by atoms with Gasteiger partial charge in [0.25, 0.3) is 0 Å². The van der Waals surface area contributed by atoms with Crippen molar-refractivity contribution in [1.82, 2.24) is 9.55 Å². The largest absolute Gasteiger partial charge is 0.481 e. The van der Waals surface area contributed by atoms with Crippen molar-refractivity contribution in [2.45, 2.75) is 19.4 Å². The summed E-state index contributed by atoms with van der Waals surface area (Å²) in [5, 5.41) is 8.50. The lowest BCUT2D eigenvalue weighted by atomic mass is 10.2. The van der Waals surface area contributed by atoms with Crippen LogP contribution in [0.25, 0.3) is 11.0 Å². The van der Waals surface area contributed by atoms with Crippen LogP contribution in [-0.2, 0) is 11.3 Å². The van der Waals surface area contributed by atoms with Gasteiger partial charge in [-0.05, 0) is 6.42 Å². The molecule has 0 aliphatic rings. The van der Waals surface area contributed by atoms with Crippen LogP contribution in [0.5, 0.6) is 0 Å². The van der Waals surface area contributed by atoms with Crippen LogP contribution in [0.1, 0.15) is 12.8 Å². The van der Waals surface area contributed by atoms with Crippen molar-refractivity contribution in [3.05, 3.63) is 30.1 Å². The fraction of sp³-hybridized carbons (Fsp3) is 0.273. The van der Waals surface area contributed by atoms with Gasteiger partial charge in [-0.25, -0.2) is 13.8 Å². The first-order chi connectivity index (χ1) is 8.08. The highest BCUT2D eigenvalue weighted by Gasteiger charge is 2.09. The molecule has 0 saturated heterocycles. The van der Waals surface area contributed by atoms with Gasteiger partial charge in [-0.3, -0.25) is 4.79 Å². The Labute approximate surface area is 95.5 Å². The van der Waals surface area contributed by atoms with Gasteiger partial charge in [0, 0.05) is 25.1 Å². The Kier molecular flexibility index (Phi) is 3.03. The maximum absolute atomic E-state index is 13.0. The van der Waals surface area contributed by atoms with Gasteiger partial charge in [-0.15, -0.1) is 0 Å². The molecule has 0 atom stereocenters. The molecule has 17 heavy (non-hydrogen) atoms. The Bertz CT molecular complexity index is 566. The molecule has 6 heteroatoms. The summed E-state index contributed by atoms with van der Waals surface area (Å²) < 4.78 is 27.6. The number of aliphatic carboxylic acids is 1. The summed E-state index contributed by atoms with van der Waals surface area (Å²) in [5.41, 5.74) is 0.827. The number of fused-ring (bicyclic) bond motifs is 1. The first-order valence-electron chi connectivity index (χ1n) is 5.09. The molecule has 0 radical (unpaired) electrons. The van der Waals surface area contributed by atoms with Gasteiger partial charge >= 0.3 is 5.97 Å². The smallest absolute Gasteiger partial charge is 0.303 e. The molecule has 0 aliphatic carbocycles. The Morgan fingerprint density at radius 1 is 1.35 bits per heavy atom. The van der Waals surface area contributed by atoms with E-state index in [2.05, 4.69) is 4.98 Å². The van der Waals surface area contributed by atoms with E-state index in [1.54, 1.807) is 4.57 Å². The van der Waals surface area contributed by atoms with Gasteiger partial charge in [-0.1, -0.05) is 0 Å². The minimum atomic E-state index is -0.937. The van der Waals surface area contributed by atoms with E-state index >= 15 is 0 Å². The SMILES string of the molecule is O=C(O)CCCn1cnc2cc(F)c(F)cc21. The standard InChI is InChI=1S/C11H10F2N2O2/c12-7-4-9-10(5-8(7)13)15(6-14-9)3-1-2-11(16)17/h4-6H,1-3H2,(H,16,17). The Morgan fingerprint density at radius 3 is 2.76 bits per heavy atom. The molecular formula is C11H10F2N2O2. The van der Waals surface area contributed by atoms with Crippen molar-refractivity contribution in [2.24, 2.45) is 0 Å². The van der Waals surface area contributed by atoms with Crippen LogP contribution in [0.15, 0.2) is 18.5 Å². The zero-order valence-electron chi connectivity index (χ0n) is 8.86. The molecular weight excluding hydrogens is 230 g/mol. The van der Waals surface area contributed by atoms with E-state index in [0.29, 0.717) is 24.0 Å². The summed E-state index contributed by atoms with van der Waals surface area (Å²) in [7, 11) is 0. The summed E-state index contributed by atoms with van der Waals surface area (Å²) in [5.74, 6) is -2.75. The first-order valence-corrected chi connectivity index (χ1v) is 5.09. The van der Waals surface area contributed by atoms with E-state index in [0.717, 1.165) is 12.1 Å². The summed E-state index contributed by atoms with van der Waals surface area (Å²) in [6.45, 7) is 0.411. The third-order valence-electron chi connectivity index (χ3n) is 2.45. The minimum Gasteiger partial charge on any atom is -0.481 e. The van der Waals surface area contributed by atoms with Gasteiger partial charge < -0.3 is 9.67 Å². The summed E-state index contributed by atoms with van der Waals surface area (Å²) in [6.07, 6.45) is 1.90. The zero-order valence-corrected chi connectivity index (χ0v) is 8.86. The Balaban J connectivity index is 2.23. The topological polar surface area (TPSA) is 55.1 Å². The highest BCUT2D eigenvalue weighted by atomic mass is 19.2. The van der Waals surface area contributed by atoms with E-state index in [1.165, 1.54) is 6.33 Å². The summed E-state index contributed by atoms with van der Waals surface area (Å²) in [4.78, 5) is 14.3. The average molecular weight is 240 g/mol. The number of benzene rings is 1. The van der Waals surface area contributed by atoms with Gasteiger partial charge in [0.15, 0.2) is 11.6 Å². The summed E-state index contributed by atoms with van der Waals surface area (Å²) >= 11 is 0. The minimum absolute atomic E-state index is 0.0311. The molecule has 1 aromatic carbocycles. The second-order valence-corrected chi connectivity index (χ2v) is 3.69. The van der Waals surface area contributed by atoms with Crippen molar-refractivity contribution >= 4 is 17.0 Å². The molecule has 0 bridgehead atoms. The van der Waals surface area contributed by atoms with Crippen molar-refractivity contribution in [2.75, 3.05) is 0 Å².